The van der Waals surface area contributed by atoms with Crippen LogP contribution in [0.2, 0.25) is 0 Å². The number of carbonyl (C=O) groups excluding carboxylic acids is 3. The maximum atomic E-state index is 12.6. The van der Waals surface area contributed by atoms with E-state index in [1.165, 1.54) is 0 Å². The van der Waals surface area contributed by atoms with Crippen LogP contribution in [-0.2, 0) is 23.9 Å². The number of amides is 2. The van der Waals surface area contributed by atoms with Gasteiger partial charge in [0, 0.05) is 12.8 Å². The topological polar surface area (TPSA) is 101 Å². The van der Waals surface area contributed by atoms with Crippen molar-refractivity contribution >= 4 is 23.8 Å². The summed E-state index contributed by atoms with van der Waals surface area (Å²) in [5.41, 5.74) is 0. The molecular formula is C20H29NO6. The summed E-state index contributed by atoms with van der Waals surface area (Å²) in [5.74, 6) is -3.46. The van der Waals surface area contributed by atoms with Crippen molar-refractivity contribution in [3.8, 4) is 0 Å². The van der Waals surface area contributed by atoms with Gasteiger partial charge < -0.3 is 9.84 Å². The SMILES string of the molecule is C=COC(=O)C(CC(=O)O)N(C(=O)CCC/C=C/C)C(=O)CCC/C=C/C. The van der Waals surface area contributed by atoms with Gasteiger partial charge in [0.05, 0.1) is 12.7 Å². The summed E-state index contributed by atoms with van der Waals surface area (Å²) in [4.78, 5) is 49.3. The number of rotatable bonds is 13. The molecule has 0 aliphatic rings. The van der Waals surface area contributed by atoms with E-state index in [9.17, 15) is 19.2 Å². The van der Waals surface area contributed by atoms with E-state index in [1.54, 1.807) is 0 Å². The van der Waals surface area contributed by atoms with Crippen LogP contribution in [0.15, 0.2) is 37.1 Å². The second-order valence-electron chi connectivity index (χ2n) is 5.80. The fourth-order valence-corrected chi connectivity index (χ4v) is 2.41. The Kier molecular flexibility index (Phi) is 13.0. The summed E-state index contributed by atoms with van der Waals surface area (Å²) in [5, 5.41) is 9.10. The number of aliphatic carboxylic acids is 1. The molecule has 150 valence electrons. The number of esters is 1. The first-order valence-corrected chi connectivity index (χ1v) is 8.99. The van der Waals surface area contributed by atoms with Gasteiger partial charge in [-0.2, -0.15) is 0 Å². The normalized spacial score (nSPS) is 12.1. The number of carbonyl (C=O) groups is 4. The molecule has 0 rings (SSSR count). The number of ether oxygens (including phenoxy) is 1. The van der Waals surface area contributed by atoms with Crippen molar-refractivity contribution in [2.45, 2.75) is 64.8 Å². The van der Waals surface area contributed by atoms with Crippen LogP contribution in [0.25, 0.3) is 0 Å². The van der Waals surface area contributed by atoms with Gasteiger partial charge >= 0.3 is 11.9 Å². The third kappa shape index (κ3) is 10.1. The molecule has 0 saturated carbocycles. The molecule has 1 N–H and O–H groups in total. The van der Waals surface area contributed by atoms with E-state index >= 15 is 0 Å². The number of carboxylic acid groups (broad SMARTS) is 1. The highest BCUT2D eigenvalue weighted by molar-refractivity contribution is 6.00. The summed E-state index contributed by atoms with van der Waals surface area (Å²) in [6, 6.07) is -1.51. The molecule has 0 radical (unpaired) electrons. The third-order valence-electron chi connectivity index (χ3n) is 3.68. The van der Waals surface area contributed by atoms with Crippen LogP contribution in [-0.4, -0.2) is 39.8 Å². The van der Waals surface area contributed by atoms with Crippen molar-refractivity contribution in [2.24, 2.45) is 0 Å². The molecule has 0 aliphatic heterocycles. The van der Waals surface area contributed by atoms with E-state index < -0.39 is 36.2 Å². The number of allylic oxidation sites excluding steroid dienone is 4. The quantitative estimate of drug-likeness (QED) is 0.228. The Hall–Kier alpha value is -2.70. The number of nitrogens with zero attached hydrogens (tertiary/aromatic N) is 1. The fourth-order valence-electron chi connectivity index (χ4n) is 2.41. The summed E-state index contributed by atoms with van der Waals surface area (Å²) < 4.78 is 4.67. The van der Waals surface area contributed by atoms with E-state index in [2.05, 4.69) is 11.3 Å². The predicted octanol–water partition coefficient (Wildman–Crippen LogP) is 3.36. The van der Waals surface area contributed by atoms with Gasteiger partial charge in [-0.05, 0) is 39.5 Å². The zero-order valence-corrected chi connectivity index (χ0v) is 16.1. The number of imide groups is 1. The minimum absolute atomic E-state index is 0.0302. The fraction of sp³-hybridized carbons (Fsp3) is 0.500. The van der Waals surface area contributed by atoms with Crippen LogP contribution in [0, 0.1) is 0 Å². The Balaban J connectivity index is 5.42. The number of carboxylic acids is 1. The average molecular weight is 379 g/mol. The van der Waals surface area contributed by atoms with Crippen molar-refractivity contribution < 1.29 is 29.0 Å². The highest BCUT2D eigenvalue weighted by atomic mass is 16.5. The lowest BCUT2D eigenvalue weighted by atomic mass is 10.1. The van der Waals surface area contributed by atoms with Gasteiger partial charge in [-0.1, -0.05) is 30.9 Å². The minimum Gasteiger partial charge on any atom is -0.481 e. The molecule has 7 nitrogen and oxygen atoms in total. The van der Waals surface area contributed by atoms with Crippen LogP contribution in [0.5, 0.6) is 0 Å². The lowest BCUT2D eigenvalue weighted by Crippen LogP contribution is -2.50. The first-order valence-electron chi connectivity index (χ1n) is 8.99. The Labute approximate surface area is 160 Å². The molecule has 0 spiro atoms. The molecule has 0 aromatic rings. The zero-order valence-electron chi connectivity index (χ0n) is 16.1. The minimum atomic E-state index is -1.51. The van der Waals surface area contributed by atoms with Gasteiger partial charge in [0.2, 0.25) is 11.8 Å². The first-order chi connectivity index (χ1) is 12.9. The molecule has 27 heavy (non-hydrogen) atoms. The lowest BCUT2D eigenvalue weighted by Gasteiger charge is -2.27. The Morgan fingerprint density at radius 2 is 1.48 bits per heavy atom. The molecule has 0 aliphatic carbocycles. The van der Waals surface area contributed by atoms with Crippen molar-refractivity contribution in [3.05, 3.63) is 37.1 Å². The number of unbranched alkanes of at least 4 members (excludes halogenated alkanes) is 2. The molecule has 0 saturated heterocycles. The summed E-state index contributed by atoms with van der Waals surface area (Å²) in [6.07, 6.45) is 9.93. The van der Waals surface area contributed by atoms with Crippen LogP contribution in [0.4, 0.5) is 0 Å². The third-order valence-corrected chi connectivity index (χ3v) is 3.68. The van der Waals surface area contributed by atoms with Crippen LogP contribution in [0.3, 0.4) is 0 Å². The molecule has 7 heteroatoms. The Morgan fingerprint density at radius 1 is 1.00 bits per heavy atom. The van der Waals surface area contributed by atoms with Gasteiger partial charge in [-0.15, -0.1) is 0 Å². The van der Waals surface area contributed by atoms with Gasteiger partial charge in [-0.3, -0.25) is 19.3 Å². The first kappa shape index (κ1) is 24.3. The summed E-state index contributed by atoms with van der Waals surface area (Å²) in [6.45, 7) is 6.97. The van der Waals surface area contributed by atoms with Gasteiger partial charge in [0.15, 0.2) is 0 Å². The molecular weight excluding hydrogens is 350 g/mol. The van der Waals surface area contributed by atoms with Crippen LogP contribution < -0.4 is 0 Å². The van der Waals surface area contributed by atoms with Crippen LogP contribution >= 0.6 is 0 Å². The summed E-state index contributed by atoms with van der Waals surface area (Å²) in [7, 11) is 0. The van der Waals surface area contributed by atoms with E-state index in [0.29, 0.717) is 25.7 Å². The Bertz CT molecular complexity index is 549. The molecule has 0 bridgehead atoms. The molecule has 0 heterocycles. The molecule has 0 aromatic carbocycles. The molecule has 1 atom stereocenters. The maximum absolute atomic E-state index is 12.6. The monoisotopic (exact) mass is 379 g/mol. The average Bonchev–Trinajstić information content (AvgIpc) is 2.61. The van der Waals surface area contributed by atoms with Gasteiger partial charge in [-0.25, -0.2) is 4.79 Å². The molecule has 0 aromatic heterocycles. The Morgan fingerprint density at radius 3 is 1.85 bits per heavy atom. The highest BCUT2D eigenvalue weighted by Crippen LogP contribution is 2.15. The second-order valence-corrected chi connectivity index (χ2v) is 5.80. The molecule has 2 amide bonds. The standard InChI is InChI=1S/C20H29NO6/c1-4-7-9-11-13-17(22)21(18(23)14-12-10-8-5-2)16(15-19(24)25)20(26)27-6-3/h4-8,16H,3,9-15H2,1-2H3,(H,24,25)/b7-4+,8-5+. The van der Waals surface area contributed by atoms with Gasteiger partial charge in [0.25, 0.3) is 0 Å². The van der Waals surface area contributed by atoms with Crippen molar-refractivity contribution in [3.63, 3.8) is 0 Å². The molecule has 1 unspecified atom stereocenters. The lowest BCUT2D eigenvalue weighted by molar-refractivity contribution is -0.161. The van der Waals surface area contributed by atoms with Gasteiger partial charge in [0.1, 0.15) is 6.04 Å². The van der Waals surface area contributed by atoms with E-state index in [1.807, 2.05) is 38.2 Å². The van der Waals surface area contributed by atoms with Crippen LogP contribution in [0.1, 0.15) is 58.8 Å². The second kappa shape index (κ2) is 14.5. The maximum Gasteiger partial charge on any atom is 0.334 e. The van der Waals surface area contributed by atoms with E-state index in [4.69, 9.17) is 5.11 Å². The summed E-state index contributed by atoms with van der Waals surface area (Å²) >= 11 is 0. The number of hydrogen-bond donors (Lipinski definition) is 1. The predicted molar refractivity (Wildman–Crippen MR) is 102 cm³/mol. The molecule has 0 fully saturated rings. The smallest absolute Gasteiger partial charge is 0.334 e. The highest BCUT2D eigenvalue weighted by Gasteiger charge is 2.36. The van der Waals surface area contributed by atoms with E-state index in [-0.39, 0.29) is 12.8 Å². The van der Waals surface area contributed by atoms with Crippen molar-refractivity contribution in [1.82, 2.24) is 4.90 Å². The largest absolute Gasteiger partial charge is 0.481 e. The van der Waals surface area contributed by atoms with E-state index in [0.717, 1.165) is 11.2 Å². The van der Waals surface area contributed by atoms with Crippen molar-refractivity contribution in [1.29, 1.82) is 0 Å². The van der Waals surface area contributed by atoms with Crippen molar-refractivity contribution in [2.75, 3.05) is 0 Å². The number of hydrogen-bond acceptors (Lipinski definition) is 5. The zero-order chi connectivity index (χ0) is 20.7.